The van der Waals surface area contributed by atoms with Gasteiger partial charge in [0.15, 0.2) is 5.78 Å². The Morgan fingerprint density at radius 1 is 0.403 bits per heavy atom. The molecule has 16 nitrogen and oxygen atoms in total. The minimum atomic E-state index is -0.338. The predicted molar refractivity (Wildman–Crippen MR) is 574 cm³/mol. The first kappa shape index (κ1) is 111. The first-order chi connectivity index (χ1) is 64.6. The molecule has 0 saturated heterocycles. The van der Waals surface area contributed by atoms with E-state index < -0.39 is 0 Å². The highest BCUT2D eigenvalue weighted by atomic mass is 35.5. The first-order valence-electron chi connectivity index (χ1n) is 42.0. The lowest BCUT2D eigenvalue weighted by Gasteiger charge is -2.09. The fourth-order valence-corrected chi connectivity index (χ4v) is 15.9. The number of fused-ring (bicyclic) bond motifs is 5. The largest absolute Gasteiger partial charge is 0.496 e. The third kappa shape index (κ3) is 36.7. The summed E-state index contributed by atoms with van der Waals surface area (Å²) in [4.78, 5) is 119. The molecule has 0 aliphatic heterocycles. The Kier molecular flexibility index (Phi) is 49.7. The zero-order chi connectivity index (χ0) is 97.6. The van der Waals surface area contributed by atoms with E-state index in [1.165, 1.54) is 21.8 Å². The van der Waals surface area contributed by atoms with E-state index in [4.69, 9.17) is 65.9 Å². The number of hydrogen-bond donors (Lipinski definition) is 8. The molecule has 0 fully saturated rings. The molecule has 14 aromatic rings. The number of aromatic nitrogens is 2. The molecule has 134 heavy (non-hydrogen) atoms. The lowest BCUT2D eigenvalue weighted by atomic mass is 9.95. The van der Waals surface area contributed by atoms with Gasteiger partial charge in [-0.05, 0) is 174 Å². The number of thiazole rings is 1. The van der Waals surface area contributed by atoms with Gasteiger partial charge in [0.2, 0.25) is 0 Å². The number of carbonyl (C=O) groups excluding carboxylic acids is 10. The van der Waals surface area contributed by atoms with Crippen LogP contribution in [0.15, 0.2) is 261 Å². The molecule has 2 aromatic heterocycles. The average Bonchev–Trinajstić information content (AvgIpc) is 1.60. The van der Waals surface area contributed by atoms with Crippen molar-refractivity contribution >= 4 is 260 Å². The zero-order valence-corrected chi connectivity index (χ0v) is 84.9. The summed E-state index contributed by atoms with van der Waals surface area (Å²) in [7, 11) is 1.61. The van der Waals surface area contributed by atoms with E-state index in [0.717, 1.165) is 88.5 Å². The molecule has 0 aliphatic carbocycles. The molecule has 2 heterocycles. The number of aryl methyl sites for hydroxylation is 2. The van der Waals surface area contributed by atoms with Crippen LogP contribution in [0.1, 0.15) is 101 Å². The quantitative estimate of drug-likeness (QED) is 0.0108. The maximum absolute atomic E-state index is 12.6. The lowest BCUT2D eigenvalue weighted by molar-refractivity contribution is -0.116. The Hall–Kier alpha value is -9.86. The predicted octanol–water partition coefficient (Wildman–Crippen LogP) is 23.5. The molecule has 696 valence electrons. The molecule has 0 unspecified atom stereocenters. The van der Waals surface area contributed by atoms with E-state index in [1.54, 1.807) is 116 Å². The van der Waals surface area contributed by atoms with Gasteiger partial charge < -0.3 is 18.8 Å². The molecule has 12 aromatic carbocycles. The minimum absolute atomic E-state index is 0.0487. The van der Waals surface area contributed by atoms with Gasteiger partial charge in [-0.15, -0.1) is 11.3 Å². The van der Waals surface area contributed by atoms with Crippen LogP contribution in [0.3, 0.4) is 0 Å². The molecule has 29 heteroatoms. The molecular weight excluding hydrogens is 1940 g/mol. The van der Waals surface area contributed by atoms with Crippen molar-refractivity contribution in [2.45, 2.75) is 85.3 Å². The van der Waals surface area contributed by atoms with Crippen LogP contribution in [0, 0.1) is 18.3 Å². The number of Topliss-reactive ketones (excluding diaryl/α,β-unsaturated/α-hetero) is 8. The van der Waals surface area contributed by atoms with Crippen molar-refractivity contribution < 1.29 is 62.2 Å². The van der Waals surface area contributed by atoms with Crippen molar-refractivity contribution in [3.05, 3.63) is 358 Å². The fraction of sp³-hybridized carbons (Fsp3) is 0.219. The molecule has 0 spiro atoms. The second-order valence-electron chi connectivity index (χ2n) is 29.6. The van der Waals surface area contributed by atoms with Gasteiger partial charge in [-0.2, -0.15) is 106 Å². The summed E-state index contributed by atoms with van der Waals surface area (Å²) in [6.07, 6.45) is 2.89. The Morgan fingerprint density at radius 2 is 0.881 bits per heavy atom. The molecule has 0 radical (unpaired) electrons. The van der Waals surface area contributed by atoms with Crippen molar-refractivity contribution in [1.29, 1.82) is 5.26 Å². The van der Waals surface area contributed by atoms with Gasteiger partial charge in [0, 0.05) is 151 Å². The van der Waals surface area contributed by atoms with Crippen molar-refractivity contribution in [2.24, 2.45) is 0 Å². The number of methoxy groups -OCH3 is 1. The number of esters is 1. The van der Waals surface area contributed by atoms with E-state index in [2.05, 4.69) is 166 Å². The second kappa shape index (κ2) is 59.9. The van der Waals surface area contributed by atoms with E-state index in [9.17, 15) is 47.9 Å². The summed E-state index contributed by atoms with van der Waals surface area (Å²) in [5.74, 6) is 3.63. The number of carbonyl (C=O) groups is 10. The summed E-state index contributed by atoms with van der Waals surface area (Å²) < 4.78 is 19.1. The highest BCUT2D eigenvalue weighted by Gasteiger charge is 2.20. The maximum atomic E-state index is 12.6. The number of nitrogens with zero attached hydrogens (tertiary/aromatic N) is 3. The van der Waals surface area contributed by atoms with Gasteiger partial charge in [-0.3, -0.25) is 43.2 Å². The van der Waals surface area contributed by atoms with Crippen molar-refractivity contribution in [2.75, 3.05) is 59.7 Å². The number of ketones is 9. The highest BCUT2D eigenvalue weighted by Crippen LogP contribution is 2.32. The first-order valence-corrected chi connectivity index (χ1v) is 49.4. The number of benzene rings is 12. The number of ether oxygens (including phenoxy) is 3. The van der Waals surface area contributed by atoms with Crippen LogP contribution in [0.4, 0.5) is 0 Å². The van der Waals surface area contributed by atoms with Crippen molar-refractivity contribution in [1.82, 2.24) is 9.55 Å². The van der Waals surface area contributed by atoms with E-state index in [1.807, 2.05) is 134 Å². The van der Waals surface area contributed by atoms with E-state index >= 15 is 0 Å². The fourth-order valence-electron chi connectivity index (χ4n) is 13.1. The number of rotatable bonds is 33. The second-order valence-corrected chi connectivity index (χ2v) is 34.9. The third-order valence-electron chi connectivity index (χ3n) is 19.7. The van der Waals surface area contributed by atoms with Crippen LogP contribution in [0.2, 0.25) is 20.1 Å². The van der Waals surface area contributed by atoms with Crippen LogP contribution in [-0.4, -0.2) is 127 Å². The third-order valence-corrected chi connectivity index (χ3v) is 24.7. The zero-order valence-electron chi connectivity index (χ0n) is 73.9. The molecule has 0 N–H and O–H groups in total. The van der Waals surface area contributed by atoms with Gasteiger partial charge >= 0.3 is 5.97 Å². The molecule has 14 rings (SSSR count). The highest BCUT2D eigenvalue weighted by molar-refractivity contribution is 7.82. The topological polar surface area (TPSA) is 240 Å². The monoisotopic (exact) mass is 2040 g/mol. The van der Waals surface area contributed by atoms with Crippen LogP contribution in [0.25, 0.3) is 42.8 Å². The summed E-state index contributed by atoms with van der Waals surface area (Å²) in [6, 6.07) is 83.2. The smallest absolute Gasteiger partial charge is 0.338 e. The number of halogens is 4. The summed E-state index contributed by atoms with van der Waals surface area (Å²) in [5.41, 5.74) is 13.9. The Morgan fingerprint density at radius 3 is 1.45 bits per heavy atom. The number of para-hydroxylation sites is 2. The van der Waals surface area contributed by atoms with Crippen LogP contribution >= 0.6 is 159 Å². The van der Waals surface area contributed by atoms with Crippen LogP contribution in [-0.2, 0) is 108 Å². The summed E-state index contributed by atoms with van der Waals surface area (Å²) >= 11 is 56.8. The Balaban J connectivity index is 0.000000210. The Bertz CT molecular complexity index is 6360. The average molecular weight is 2040 g/mol. The van der Waals surface area contributed by atoms with Gasteiger partial charge in [0.25, 0.3) is 0 Å². The van der Waals surface area contributed by atoms with Crippen LogP contribution in [0.5, 0.6) is 11.5 Å². The normalized spacial score (nSPS) is 10.4. The molecule has 0 aliphatic rings. The molecule has 0 atom stereocenters. The molecular formula is C105H101Cl4N3O13S9. The van der Waals surface area contributed by atoms with Gasteiger partial charge in [0.05, 0.1) is 52.6 Å². The van der Waals surface area contributed by atoms with E-state index in [0.29, 0.717) is 112 Å². The molecule has 0 amide bonds. The van der Waals surface area contributed by atoms with Crippen molar-refractivity contribution in [3.8, 4) is 17.6 Å². The van der Waals surface area contributed by atoms with Gasteiger partial charge in [-0.25, -0.2) is 9.78 Å². The van der Waals surface area contributed by atoms with E-state index in [-0.39, 0.29) is 105 Å². The standard InChI is InChI=1S/C17H17NOS.C16H12Cl2O2S.C16H16O2S.C14H11NOS.C12H14O3S.C11H14O2S.C10H9NOS2.C9H8Cl2OS/c1-2-18-16-6-4-3-5-14(16)15-10-12(7-8-17(15)18)9-13(19)11-20;17-11-6-5-10(7-12(19)9-21)14(8-11)16(20)13-3-1-2-4-15(13)18;17-15(12-19)10-13-6-8-16(9-7-13)18-11-14-4-2-1-3-5-14;15-8-11-6-5-10(7-12(16)9-17)13-3-1-2-4-14(11)13;1-2-15-12(14)10-5-3-9(4-6-10)7-11(13)8-16;1-8-3-4-11(13-2)9(5-8)6-10(12)7-14;12-7(6-13)5-10-11-8-3-1-2-4-9(8)14-10;10-7-2-1-6(9(11)4-7)3-8(12)5-13/h3-8,10,20H,2,9,11H2,1H3;1-6,8,21H,7,9H2;1-9,19H,10-12H2;1-6,17H,7,9H2;3-6,16H,2,7-8H2,1H3;3-5,14H,6-7H2,1-2H3;1-4,13H,5-6H2;1-2,4,13H,3,5H2. The van der Waals surface area contributed by atoms with Gasteiger partial charge in [0.1, 0.15) is 69.4 Å². The van der Waals surface area contributed by atoms with Crippen molar-refractivity contribution in [3.63, 3.8) is 0 Å². The molecule has 0 bridgehead atoms. The lowest BCUT2D eigenvalue weighted by Crippen LogP contribution is -2.11. The summed E-state index contributed by atoms with van der Waals surface area (Å²) in [5, 5.41) is 16.2. The number of nitriles is 1. The molecule has 0 saturated carbocycles. The van der Waals surface area contributed by atoms with Gasteiger partial charge in [-0.1, -0.05) is 210 Å². The number of hydrogen-bond acceptors (Lipinski definition) is 24. The summed E-state index contributed by atoms with van der Waals surface area (Å²) in [6.45, 7) is 7.77. The Labute approximate surface area is 849 Å². The minimum Gasteiger partial charge on any atom is -0.496 e. The van der Waals surface area contributed by atoms with Crippen LogP contribution < -0.4 is 9.47 Å². The SMILES string of the molecule is CCOC(=O)c1ccc(CC(=O)CS)cc1.CCn1c2ccccc2c2cc(CC(=O)CS)ccc21.COc1ccc(C)cc1CC(=O)CS.N#Cc1ccc(CC(=O)CS)c2ccccc12.O=C(CS)Cc1ccc(Cl)cc1C(=O)c1ccccc1Cl.O=C(CS)Cc1ccc(Cl)cc1Cl.O=C(CS)Cc1ccc(OCc2ccccc2)cc1.O=C(CS)Cc1nc2ccccc2s1. The number of thiol groups is 8. The maximum Gasteiger partial charge on any atom is 0.338 e.